The molecule has 1 aliphatic heterocycles. The van der Waals surface area contributed by atoms with E-state index in [1.54, 1.807) is 7.05 Å². The average molecular weight is 456 g/mol. The van der Waals surface area contributed by atoms with Gasteiger partial charge in [-0.2, -0.15) is 9.90 Å². The Morgan fingerprint density at radius 2 is 2.00 bits per heavy atom. The highest BCUT2D eigenvalue weighted by Crippen LogP contribution is 2.30. The molecule has 10 nitrogen and oxygen atoms in total. The molecular formula is C24H25N9O. The third-order valence-corrected chi connectivity index (χ3v) is 6.39. The van der Waals surface area contributed by atoms with Gasteiger partial charge in [-0.3, -0.25) is 9.36 Å². The van der Waals surface area contributed by atoms with Gasteiger partial charge in [0.15, 0.2) is 0 Å². The monoisotopic (exact) mass is 455 g/mol. The van der Waals surface area contributed by atoms with Gasteiger partial charge in [0.05, 0.1) is 18.9 Å². The van der Waals surface area contributed by atoms with Crippen LogP contribution < -0.4 is 10.9 Å². The standard InChI is InChI=1S/C24H25N9O/c1-14-11-16(7-8-25-19-6-5-15(2)27-21(19)22-28-30-31(3)29-22)20-17(12-14)24(34)32-9-4-10-33-23(32)18(20)13-26-33/h5-6,11-13,25H,4,7-10H2,1-3H3. The molecule has 0 atom stereocenters. The minimum atomic E-state index is 0.0700. The van der Waals surface area contributed by atoms with Crippen molar-refractivity contribution in [1.29, 1.82) is 0 Å². The molecular weight excluding hydrogens is 430 g/mol. The van der Waals surface area contributed by atoms with Gasteiger partial charge in [0, 0.05) is 41.5 Å². The first-order chi connectivity index (χ1) is 16.5. The number of fused-ring (bicyclic) bond motifs is 2. The summed E-state index contributed by atoms with van der Waals surface area (Å²) in [6.07, 6.45) is 3.57. The number of nitrogens with one attached hydrogen (secondary N) is 1. The third-order valence-electron chi connectivity index (χ3n) is 6.39. The number of anilines is 1. The molecule has 1 aliphatic rings. The summed E-state index contributed by atoms with van der Waals surface area (Å²) in [5.41, 5.74) is 5.63. The molecule has 5 aromatic rings. The second-order valence-corrected chi connectivity index (χ2v) is 8.89. The Morgan fingerprint density at radius 1 is 1.12 bits per heavy atom. The highest BCUT2D eigenvalue weighted by molar-refractivity contribution is 6.06. The van der Waals surface area contributed by atoms with E-state index in [0.717, 1.165) is 70.2 Å². The second kappa shape index (κ2) is 7.75. The van der Waals surface area contributed by atoms with Gasteiger partial charge in [-0.1, -0.05) is 11.6 Å². The van der Waals surface area contributed by atoms with E-state index in [1.807, 2.05) is 47.5 Å². The highest BCUT2D eigenvalue weighted by Gasteiger charge is 2.21. The average Bonchev–Trinajstić information content (AvgIpc) is 3.45. The van der Waals surface area contributed by atoms with Crippen molar-refractivity contribution in [2.75, 3.05) is 11.9 Å². The number of nitrogens with zero attached hydrogens (tertiary/aromatic N) is 8. The van der Waals surface area contributed by atoms with Crippen molar-refractivity contribution in [3.05, 3.63) is 57.6 Å². The molecule has 0 aliphatic carbocycles. The zero-order valence-corrected chi connectivity index (χ0v) is 19.4. The van der Waals surface area contributed by atoms with Crippen molar-refractivity contribution in [3.63, 3.8) is 0 Å². The molecule has 0 amide bonds. The Labute approximate surface area is 195 Å². The lowest BCUT2D eigenvalue weighted by atomic mass is 9.98. The topological polar surface area (TPSA) is 108 Å². The third kappa shape index (κ3) is 3.25. The number of tetrazole rings is 1. The fraction of sp³-hybridized carbons (Fsp3) is 0.333. The zero-order chi connectivity index (χ0) is 23.4. The normalized spacial score (nSPS) is 13.1. The van der Waals surface area contributed by atoms with Crippen LogP contribution in [0, 0.1) is 13.8 Å². The molecule has 5 heterocycles. The summed E-state index contributed by atoms with van der Waals surface area (Å²) < 4.78 is 3.84. The predicted molar refractivity (Wildman–Crippen MR) is 130 cm³/mol. The van der Waals surface area contributed by atoms with Crippen molar-refractivity contribution in [2.24, 2.45) is 7.05 Å². The van der Waals surface area contributed by atoms with Crippen LogP contribution >= 0.6 is 0 Å². The number of aryl methyl sites for hydroxylation is 5. The molecule has 34 heavy (non-hydrogen) atoms. The number of pyridine rings is 2. The quantitative estimate of drug-likeness (QED) is 0.434. The Hall–Kier alpha value is -4.08. The van der Waals surface area contributed by atoms with Gasteiger partial charge in [0.2, 0.25) is 5.82 Å². The van der Waals surface area contributed by atoms with E-state index in [-0.39, 0.29) is 5.56 Å². The molecule has 172 valence electrons. The molecule has 0 unspecified atom stereocenters. The second-order valence-electron chi connectivity index (χ2n) is 8.89. The molecule has 10 heteroatoms. The van der Waals surface area contributed by atoms with E-state index >= 15 is 0 Å². The van der Waals surface area contributed by atoms with Crippen LogP contribution in [0.15, 0.2) is 35.3 Å². The molecule has 0 fully saturated rings. The summed E-state index contributed by atoms with van der Waals surface area (Å²) >= 11 is 0. The number of benzene rings is 1. The van der Waals surface area contributed by atoms with Crippen LogP contribution in [0.5, 0.6) is 0 Å². The Kier molecular flexibility index (Phi) is 4.68. The summed E-state index contributed by atoms with van der Waals surface area (Å²) in [4.78, 5) is 19.4. The molecule has 6 rings (SSSR count). The van der Waals surface area contributed by atoms with Crippen molar-refractivity contribution >= 4 is 27.5 Å². The van der Waals surface area contributed by atoms with E-state index < -0.39 is 0 Å². The Bertz CT molecular complexity index is 1630. The fourth-order valence-corrected chi connectivity index (χ4v) is 4.96. The molecule has 0 saturated carbocycles. The number of hydrogen-bond donors (Lipinski definition) is 1. The maximum atomic E-state index is 13.4. The van der Waals surface area contributed by atoms with E-state index in [4.69, 9.17) is 0 Å². The molecule has 0 bridgehead atoms. The van der Waals surface area contributed by atoms with Gasteiger partial charge in [-0.05, 0) is 55.7 Å². The first-order valence-corrected chi connectivity index (χ1v) is 11.5. The van der Waals surface area contributed by atoms with Crippen LogP contribution in [0.1, 0.15) is 23.2 Å². The predicted octanol–water partition coefficient (Wildman–Crippen LogP) is 2.61. The number of rotatable bonds is 5. The lowest BCUT2D eigenvalue weighted by molar-refractivity contribution is 0.485. The van der Waals surface area contributed by atoms with Gasteiger partial charge in [-0.25, -0.2) is 9.67 Å². The molecule has 0 spiro atoms. The number of hydrogen-bond acceptors (Lipinski definition) is 7. The Morgan fingerprint density at radius 3 is 2.82 bits per heavy atom. The van der Waals surface area contributed by atoms with Crippen LogP contribution in [-0.4, -0.2) is 46.1 Å². The Balaban J connectivity index is 1.38. The first-order valence-electron chi connectivity index (χ1n) is 11.5. The molecule has 1 N–H and O–H groups in total. The van der Waals surface area contributed by atoms with E-state index in [2.05, 4.69) is 36.9 Å². The summed E-state index contributed by atoms with van der Waals surface area (Å²) in [6, 6.07) is 8.14. The van der Waals surface area contributed by atoms with Crippen molar-refractivity contribution in [1.82, 2.24) is 39.5 Å². The van der Waals surface area contributed by atoms with E-state index in [1.165, 1.54) is 4.80 Å². The zero-order valence-electron chi connectivity index (χ0n) is 19.4. The van der Waals surface area contributed by atoms with Crippen LogP contribution in [-0.2, 0) is 26.6 Å². The lowest BCUT2D eigenvalue weighted by Crippen LogP contribution is -2.27. The minimum absolute atomic E-state index is 0.0700. The van der Waals surface area contributed by atoms with Crippen LogP contribution in [0.2, 0.25) is 0 Å². The van der Waals surface area contributed by atoms with Crippen molar-refractivity contribution < 1.29 is 0 Å². The van der Waals surface area contributed by atoms with Gasteiger partial charge < -0.3 is 5.32 Å². The number of aromatic nitrogens is 8. The minimum Gasteiger partial charge on any atom is -0.383 e. The maximum absolute atomic E-state index is 13.4. The first kappa shape index (κ1) is 20.5. The summed E-state index contributed by atoms with van der Waals surface area (Å²) in [5, 5.41) is 23.3. The lowest BCUT2D eigenvalue weighted by Gasteiger charge is -2.19. The SMILES string of the molecule is Cc1cc(CCNc2ccc(C)nc2-c2nnn(C)n2)c2c(c1)c(=O)n1c3c2cnn3CCC1. The van der Waals surface area contributed by atoms with Gasteiger partial charge in [-0.15, -0.1) is 10.2 Å². The summed E-state index contributed by atoms with van der Waals surface area (Å²) in [7, 11) is 1.73. The van der Waals surface area contributed by atoms with E-state index in [0.29, 0.717) is 18.1 Å². The molecule has 1 aromatic carbocycles. The van der Waals surface area contributed by atoms with E-state index in [9.17, 15) is 4.79 Å². The van der Waals surface area contributed by atoms with Crippen molar-refractivity contribution in [2.45, 2.75) is 39.8 Å². The highest BCUT2D eigenvalue weighted by atomic mass is 16.1. The van der Waals surface area contributed by atoms with Gasteiger partial charge in [0.1, 0.15) is 11.3 Å². The molecule has 4 aromatic heterocycles. The summed E-state index contributed by atoms with van der Waals surface area (Å²) in [5.74, 6) is 0.485. The fourth-order valence-electron chi connectivity index (χ4n) is 4.96. The van der Waals surface area contributed by atoms with Crippen molar-refractivity contribution in [3.8, 4) is 11.5 Å². The van der Waals surface area contributed by atoms with Gasteiger partial charge in [0.25, 0.3) is 5.56 Å². The summed E-state index contributed by atoms with van der Waals surface area (Å²) in [6.45, 7) is 6.23. The smallest absolute Gasteiger partial charge is 0.260 e. The van der Waals surface area contributed by atoms with Gasteiger partial charge >= 0.3 is 0 Å². The largest absolute Gasteiger partial charge is 0.383 e. The van der Waals surface area contributed by atoms with Crippen LogP contribution in [0.25, 0.3) is 33.3 Å². The molecule has 0 radical (unpaired) electrons. The molecule has 0 saturated heterocycles. The van der Waals surface area contributed by atoms with Crippen LogP contribution in [0.4, 0.5) is 5.69 Å². The maximum Gasteiger partial charge on any atom is 0.260 e. The van der Waals surface area contributed by atoms with Crippen LogP contribution in [0.3, 0.4) is 0 Å².